The van der Waals surface area contributed by atoms with E-state index < -0.39 is 10.0 Å². The highest BCUT2D eigenvalue weighted by molar-refractivity contribution is 7.88. The molecule has 1 fully saturated rings. The van der Waals surface area contributed by atoms with E-state index in [0.29, 0.717) is 25.9 Å². The number of hydrogen-bond acceptors (Lipinski definition) is 4. The van der Waals surface area contributed by atoms with E-state index in [-0.39, 0.29) is 24.1 Å². The molecule has 1 saturated heterocycles. The molecule has 1 N–H and O–H groups in total. The summed E-state index contributed by atoms with van der Waals surface area (Å²) in [6.45, 7) is 1.12. The molecule has 1 heterocycles. The van der Waals surface area contributed by atoms with Crippen LogP contribution in [0.5, 0.6) is 5.75 Å². The summed E-state index contributed by atoms with van der Waals surface area (Å²) in [5.74, 6) is 0.309. The van der Waals surface area contributed by atoms with E-state index >= 15 is 0 Å². The first-order valence-corrected chi connectivity index (χ1v) is 11.0. The van der Waals surface area contributed by atoms with Gasteiger partial charge >= 0.3 is 0 Å². The summed E-state index contributed by atoms with van der Waals surface area (Å²) in [5, 5.41) is 2.93. The number of benzene rings is 2. The van der Waals surface area contributed by atoms with Crippen molar-refractivity contribution in [3.63, 3.8) is 0 Å². The average Bonchev–Trinajstić information content (AvgIpc) is 2.73. The van der Waals surface area contributed by atoms with Crippen LogP contribution in [0.25, 0.3) is 0 Å². The van der Waals surface area contributed by atoms with Gasteiger partial charge in [-0.1, -0.05) is 42.5 Å². The number of methoxy groups -OCH3 is 1. The van der Waals surface area contributed by atoms with Gasteiger partial charge in [-0.2, -0.15) is 0 Å². The molecule has 1 amide bonds. The number of nitrogens with zero attached hydrogens (tertiary/aromatic N) is 1. The van der Waals surface area contributed by atoms with Crippen LogP contribution >= 0.6 is 0 Å². The maximum Gasteiger partial charge on any atom is 0.224 e. The minimum absolute atomic E-state index is 0.0337. The van der Waals surface area contributed by atoms with E-state index in [4.69, 9.17) is 4.74 Å². The smallest absolute Gasteiger partial charge is 0.224 e. The molecular weight excluding hydrogens is 376 g/mol. The van der Waals surface area contributed by atoms with Crippen LogP contribution in [0.2, 0.25) is 0 Å². The average molecular weight is 403 g/mol. The maximum absolute atomic E-state index is 12.7. The fourth-order valence-corrected chi connectivity index (χ4v) is 4.97. The fourth-order valence-electron chi connectivity index (χ4n) is 3.36. The van der Waals surface area contributed by atoms with E-state index in [0.717, 1.165) is 16.9 Å². The van der Waals surface area contributed by atoms with E-state index in [1.165, 1.54) is 4.31 Å². The van der Waals surface area contributed by atoms with Gasteiger partial charge in [0.15, 0.2) is 0 Å². The fraction of sp³-hybridized carbons (Fsp3) is 0.381. The van der Waals surface area contributed by atoms with Crippen LogP contribution in [0, 0.1) is 5.92 Å². The molecule has 1 aliphatic rings. The monoisotopic (exact) mass is 402 g/mol. The number of hydrogen-bond donors (Lipinski definition) is 1. The van der Waals surface area contributed by atoms with Gasteiger partial charge in [0.1, 0.15) is 5.75 Å². The van der Waals surface area contributed by atoms with Crippen molar-refractivity contribution >= 4 is 15.9 Å². The van der Waals surface area contributed by atoms with Crippen LogP contribution in [0.1, 0.15) is 24.0 Å². The largest absolute Gasteiger partial charge is 0.497 e. The van der Waals surface area contributed by atoms with Crippen molar-refractivity contribution in [3.8, 4) is 5.75 Å². The Kier molecular flexibility index (Phi) is 6.70. The molecule has 28 heavy (non-hydrogen) atoms. The molecule has 0 unspecified atom stereocenters. The van der Waals surface area contributed by atoms with Crippen LogP contribution in [0.3, 0.4) is 0 Å². The van der Waals surface area contributed by atoms with E-state index in [2.05, 4.69) is 5.32 Å². The van der Waals surface area contributed by atoms with Crippen LogP contribution in [0.4, 0.5) is 0 Å². The predicted molar refractivity (Wildman–Crippen MR) is 108 cm³/mol. The van der Waals surface area contributed by atoms with Crippen LogP contribution in [0.15, 0.2) is 54.6 Å². The highest BCUT2D eigenvalue weighted by Gasteiger charge is 2.32. The second-order valence-electron chi connectivity index (χ2n) is 7.00. The number of piperidine rings is 1. The molecular formula is C21H26N2O4S. The topological polar surface area (TPSA) is 75.7 Å². The van der Waals surface area contributed by atoms with Crippen LogP contribution < -0.4 is 10.1 Å². The Bertz CT molecular complexity index is 882. The van der Waals surface area contributed by atoms with Crippen molar-refractivity contribution in [2.24, 2.45) is 5.92 Å². The summed E-state index contributed by atoms with van der Waals surface area (Å²) in [7, 11) is -1.83. The van der Waals surface area contributed by atoms with Crippen molar-refractivity contribution in [3.05, 3.63) is 65.7 Å². The minimum atomic E-state index is -3.44. The lowest BCUT2D eigenvalue weighted by Crippen LogP contribution is -2.45. The Hall–Kier alpha value is -2.38. The van der Waals surface area contributed by atoms with Gasteiger partial charge in [0, 0.05) is 19.6 Å². The maximum atomic E-state index is 12.7. The van der Waals surface area contributed by atoms with E-state index in [1.807, 2.05) is 42.5 Å². The van der Waals surface area contributed by atoms with Gasteiger partial charge in [0.25, 0.3) is 0 Å². The molecule has 150 valence electrons. The minimum Gasteiger partial charge on any atom is -0.497 e. The van der Waals surface area contributed by atoms with Gasteiger partial charge in [-0.05, 0) is 36.1 Å². The number of carbonyl (C=O) groups excluding carboxylic acids is 1. The number of amides is 1. The molecule has 0 spiro atoms. The second kappa shape index (κ2) is 9.21. The first-order valence-electron chi connectivity index (χ1n) is 9.40. The molecule has 1 atom stereocenters. The zero-order valence-electron chi connectivity index (χ0n) is 16.0. The molecule has 0 aliphatic carbocycles. The molecule has 1 aliphatic heterocycles. The van der Waals surface area contributed by atoms with Gasteiger partial charge in [-0.3, -0.25) is 4.79 Å². The molecule has 0 bridgehead atoms. The van der Waals surface area contributed by atoms with Gasteiger partial charge in [-0.15, -0.1) is 0 Å². The van der Waals surface area contributed by atoms with Gasteiger partial charge in [0.05, 0.1) is 18.8 Å². The normalized spacial score (nSPS) is 17.8. The van der Waals surface area contributed by atoms with Crippen molar-refractivity contribution < 1.29 is 17.9 Å². The number of sulfonamides is 1. The van der Waals surface area contributed by atoms with E-state index in [9.17, 15) is 13.2 Å². The van der Waals surface area contributed by atoms with Gasteiger partial charge < -0.3 is 10.1 Å². The third kappa shape index (κ3) is 5.33. The van der Waals surface area contributed by atoms with E-state index in [1.54, 1.807) is 19.2 Å². The lowest BCUT2D eigenvalue weighted by Gasteiger charge is -2.31. The lowest BCUT2D eigenvalue weighted by atomic mass is 9.99. The highest BCUT2D eigenvalue weighted by Crippen LogP contribution is 2.22. The zero-order chi connectivity index (χ0) is 20.0. The molecule has 0 radical (unpaired) electrons. The summed E-state index contributed by atoms with van der Waals surface area (Å²) in [6, 6.07) is 16.6. The zero-order valence-corrected chi connectivity index (χ0v) is 16.8. The highest BCUT2D eigenvalue weighted by atomic mass is 32.2. The molecule has 6 nitrogen and oxygen atoms in total. The standard InChI is InChI=1S/C21H26N2O4S/c1-27-20-11-9-17(10-12-20)14-22-21(24)19-8-5-13-23(15-19)28(25,26)16-18-6-3-2-4-7-18/h2-4,6-7,9-12,19H,5,8,13-16H2,1H3,(H,22,24)/t19-/m1/s1. The Morgan fingerprint density at radius 3 is 2.50 bits per heavy atom. The summed E-state index contributed by atoms with van der Waals surface area (Å²) < 4.78 is 32.1. The molecule has 0 aromatic heterocycles. The SMILES string of the molecule is COc1ccc(CNC(=O)[C@@H]2CCCN(S(=O)(=O)Cc3ccccc3)C2)cc1. The molecule has 0 saturated carbocycles. The Balaban J connectivity index is 1.56. The summed E-state index contributed by atoms with van der Waals surface area (Å²) in [4.78, 5) is 12.6. The first-order chi connectivity index (χ1) is 13.5. The lowest BCUT2D eigenvalue weighted by molar-refractivity contribution is -0.126. The van der Waals surface area contributed by atoms with Crippen molar-refractivity contribution in [1.29, 1.82) is 0 Å². The van der Waals surface area contributed by atoms with Crippen molar-refractivity contribution in [2.75, 3.05) is 20.2 Å². The first kappa shape index (κ1) is 20.4. The Labute approximate surface area is 166 Å². The Morgan fingerprint density at radius 1 is 1.11 bits per heavy atom. The number of ether oxygens (including phenoxy) is 1. The third-order valence-corrected chi connectivity index (χ3v) is 6.78. The summed E-state index contributed by atoms with van der Waals surface area (Å²) >= 11 is 0. The quantitative estimate of drug-likeness (QED) is 0.772. The van der Waals surface area contributed by atoms with Crippen LogP contribution in [-0.2, 0) is 27.1 Å². The number of rotatable bonds is 7. The van der Waals surface area contributed by atoms with Gasteiger partial charge in [-0.25, -0.2) is 12.7 Å². The van der Waals surface area contributed by atoms with Crippen molar-refractivity contribution in [2.45, 2.75) is 25.1 Å². The molecule has 2 aromatic carbocycles. The Morgan fingerprint density at radius 2 is 1.82 bits per heavy atom. The molecule has 2 aromatic rings. The predicted octanol–water partition coefficient (Wildman–Crippen LogP) is 2.55. The summed E-state index contributed by atoms with van der Waals surface area (Å²) in [5.41, 5.74) is 1.73. The second-order valence-corrected chi connectivity index (χ2v) is 8.97. The third-order valence-electron chi connectivity index (χ3n) is 4.97. The number of carbonyl (C=O) groups is 1. The molecule has 7 heteroatoms. The van der Waals surface area contributed by atoms with Gasteiger partial charge in [0.2, 0.25) is 15.9 Å². The van der Waals surface area contributed by atoms with Crippen LogP contribution in [-0.4, -0.2) is 38.8 Å². The molecule has 3 rings (SSSR count). The summed E-state index contributed by atoms with van der Waals surface area (Å²) in [6.07, 6.45) is 1.39. The van der Waals surface area contributed by atoms with Crippen molar-refractivity contribution in [1.82, 2.24) is 9.62 Å². The number of nitrogens with one attached hydrogen (secondary N) is 1.